The zero-order chi connectivity index (χ0) is 12.5. The normalized spacial score (nSPS) is 11.0. The highest BCUT2D eigenvalue weighted by molar-refractivity contribution is 5.19. The summed E-state index contributed by atoms with van der Waals surface area (Å²) in [5.74, 6) is 1.88. The molecule has 0 aromatic carbocycles. The summed E-state index contributed by atoms with van der Waals surface area (Å²) in [5.41, 5.74) is 1.12. The number of hydrogen-bond acceptors (Lipinski definition) is 4. The second kappa shape index (κ2) is 8.28. The van der Waals surface area contributed by atoms with Crippen LogP contribution in [0.4, 0.5) is 0 Å². The first-order chi connectivity index (χ1) is 8.27. The van der Waals surface area contributed by atoms with E-state index in [0.717, 1.165) is 36.7 Å². The lowest BCUT2D eigenvalue weighted by atomic mass is 10.2. The molecule has 0 radical (unpaired) electrons. The Morgan fingerprint density at radius 3 is 2.71 bits per heavy atom. The van der Waals surface area contributed by atoms with Crippen LogP contribution < -0.4 is 5.32 Å². The van der Waals surface area contributed by atoms with Gasteiger partial charge < -0.3 is 19.2 Å². The first-order valence-corrected chi connectivity index (χ1v) is 6.16. The van der Waals surface area contributed by atoms with Crippen molar-refractivity contribution in [1.82, 2.24) is 5.32 Å². The number of rotatable bonds is 9. The molecule has 0 bridgehead atoms. The molecule has 0 atom stereocenters. The molecule has 0 aliphatic rings. The first kappa shape index (κ1) is 14.2. The molecule has 1 aromatic rings. The maximum Gasteiger partial charge on any atom is 0.118 e. The summed E-state index contributed by atoms with van der Waals surface area (Å²) in [7, 11) is 1.90. The second-order valence-electron chi connectivity index (χ2n) is 3.99. The fraction of sp³-hybridized carbons (Fsp3) is 0.692. The summed E-state index contributed by atoms with van der Waals surface area (Å²) >= 11 is 0. The van der Waals surface area contributed by atoms with Crippen molar-refractivity contribution in [3.8, 4) is 0 Å². The molecule has 17 heavy (non-hydrogen) atoms. The molecule has 1 aromatic heterocycles. The lowest BCUT2D eigenvalue weighted by Crippen LogP contribution is -2.05. The molecule has 98 valence electrons. The minimum Gasteiger partial charge on any atom is -0.465 e. The van der Waals surface area contributed by atoms with Crippen LogP contribution in [0.1, 0.15) is 30.4 Å². The van der Waals surface area contributed by atoms with Gasteiger partial charge in [0.1, 0.15) is 11.5 Å². The van der Waals surface area contributed by atoms with E-state index in [0.29, 0.717) is 19.8 Å². The summed E-state index contributed by atoms with van der Waals surface area (Å²) in [6.45, 7) is 7.50. The van der Waals surface area contributed by atoms with Crippen molar-refractivity contribution in [3.63, 3.8) is 0 Å². The van der Waals surface area contributed by atoms with E-state index < -0.39 is 0 Å². The largest absolute Gasteiger partial charge is 0.465 e. The van der Waals surface area contributed by atoms with Gasteiger partial charge in [-0.05, 0) is 26.5 Å². The highest BCUT2D eigenvalue weighted by atomic mass is 16.5. The Morgan fingerprint density at radius 2 is 2.00 bits per heavy atom. The third-order valence-electron chi connectivity index (χ3n) is 2.40. The van der Waals surface area contributed by atoms with Crippen molar-refractivity contribution in [1.29, 1.82) is 0 Å². The van der Waals surface area contributed by atoms with E-state index in [1.165, 1.54) is 0 Å². The fourth-order valence-corrected chi connectivity index (χ4v) is 1.54. The van der Waals surface area contributed by atoms with Gasteiger partial charge in [0.05, 0.1) is 26.4 Å². The van der Waals surface area contributed by atoms with Gasteiger partial charge in [-0.25, -0.2) is 0 Å². The average Bonchev–Trinajstić information content (AvgIpc) is 2.65. The van der Waals surface area contributed by atoms with Gasteiger partial charge in [0.15, 0.2) is 0 Å². The SMILES string of the molecule is CCCOCCOCc1cc(CNC)oc1C. The van der Waals surface area contributed by atoms with Crippen molar-refractivity contribution in [2.75, 3.05) is 26.9 Å². The van der Waals surface area contributed by atoms with Gasteiger partial charge >= 0.3 is 0 Å². The third kappa shape index (κ3) is 5.35. The van der Waals surface area contributed by atoms with Crippen LogP contribution in [-0.4, -0.2) is 26.9 Å². The molecular weight excluding hydrogens is 218 g/mol. The van der Waals surface area contributed by atoms with Gasteiger partial charge in [-0.2, -0.15) is 0 Å². The van der Waals surface area contributed by atoms with E-state index in [2.05, 4.69) is 12.2 Å². The van der Waals surface area contributed by atoms with Crippen molar-refractivity contribution in [2.24, 2.45) is 0 Å². The number of aryl methyl sites for hydroxylation is 1. The van der Waals surface area contributed by atoms with Crippen molar-refractivity contribution >= 4 is 0 Å². The van der Waals surface area contributed by atoms with Crippen molar-refractivity contribution in [2.45, 2.75) is 33.4 Å². The van der Waals surface area contributed by atoms with Gasteiger partial charge in [0.2, 0.25) is 0 Å². The van der Waals surface area contributed by atoms with Gasteiger partial charge in [-0.15, -0.1) is 0 Å². The Hall–Kier alpha value is -0.840. The van der Waals surface area contributed by atoms with Crippen LogP contribution in [0.25, 0.3) is 0 Å². The van der Waals surface area contributed by atoms with Gasteiger partial charge in [-0.1, -0.05) is 6.92 Å². The van der Waals surface area contributed by atoms with Crippen LogP contribution in [0.15, 0.2) is 10.5 Å². The molecule has 0 saturated carbocycles. The maximum atomic E-state index is 5.58. The standard InChI is InChI=1S/C13H23NO3/c1-4-5-15-6-7-16-10-12-8-13(9-14-3)17-11(12)2/h8,14H,4-7,9-10H2,1-3H3. The zero-order valence-electron chi connectivity index (χ0n) is 11.0. The van der Waals surface area contributed by atoms with E-state index in [4.69, 9.17) is 13.9 Å². The van der Waals surface area contributed by atoms with Crippen LogP contribution in [0.2, 0.25) is 0 Å². The van der Waals surface area contributed by atoms with Crippen molar-refractivity contribution in [3.05, 3.63) is 23.2 Å². The van der Waals surface area contributed by atoms with Gasteiger partial charge in [-0.3, -0.25) is 0 Å². The number of furan rings is 1. The molecule has 1 heterocycles. The monoisotopic (exact) mass is 241 g/mol. The third-order valence-corrected chi connectivity index (χ3v) is 2.40. The Bertz CT molecular complexity index is 310. The van der Waals surface area contributed by atoms with Crippen molar-refractivity contribution < 1.29 is 13.9 Å². The molecule has 0 spiro atoms. The fourth-order valence-electron chi connectivity index (χ4n) is 1.54. The molecule has 4 heteroatoms. The zero-order valence-corrected chi connectivity index (χ0v) is 11.0. The summed E-state index contributed by atoms with van der Waals surface area (Å²) in [6.07, 6.45) is 1.05. The molecule has 0 aliphatic carbocycles. The lowest BCUT2D eigenvalue weighted by Gasteiger charge is -2.03. The summed E-state index contributed by atoms with van der Waals surface area (Å²) in [4.78, 5) is 0. The molecule has 0 aliphatic heterocycles. The Balaban J connectivity index is 2.21. The summed E-state index contributed by atoms with van der Waals surface area (Å²) < 4.78 is 16.4. The Morgan fingerprint density at radius 1 is 1.24 bits per heavy atom. The number of nitrogens with one attached hydrogen (secondary N) is 1. The number of ether oxygens (including phenoxy) is 2. The van der Waals surface area contributed by atoms with E-state index in [1.54, 1.807) is 0 Å². The van der Waals surface area contributed by atoms with Gasteiger partial charge in [0, 0.05) is 12.2 Å². The minimum absolute atomic E-state index is 0.592. The lowest BCUT2D eigenvalue weighted by molar-refractivity contribution is 0.0405. The predicted molar refractivity (Wildman–Crippen MR) is 67.0 cm³/mol. The molecule has 0 amide bonds. The van der Waals surface area contributed by atoms with Crippen LogP contribution in [0.5, 0.6) is 0 Å². The van der Waals surface area contributed by atoms with E-state index in [1.807, 2.05) is 20.0 Å². The topological polar surface area (TPSA) is 43.6 Å². The summed E-state index contributed by atoms with van der Waals surface area (Å²) in [5, 5.41) is 3.06. The Kier molecular flexibility index (Phi) is 6.93. The molecule has 0 saturated heterocycles. The highest BCUT2D eigenvalue weighted by Crippen LogP contribution is 2.15. The molecule has 4 nitrogen and oxygen atoms in total. The van der Waals surface area contributed by atoms with E-state index >= 15 is 0 Å². The molecule has 0 unspecified atom stereocenters. The summed E-state index contributed by atoms with van der Waals surface area (Å²) in [6, 6.07) is 2.04. The molecule has 1 rings (SSSR count). The van der Waals surface area contributed by atoms with Crippen LogP contribution in [0, 0.1) is 6.92 Å². The van der Waals surface area contributed by atoms with E-state index in [9.17, 15) is 0 Å². The van der Waals surface area contributed by atoms with Crippen LogP contribution >= 0.6 is 0 Å². The first-order valence-electron chi connectivity index (χ1n) is 6.16. The van der Waals surface area contributed by atoms with Gasteiger partial charge in [0.25, 0.3) is 0 Å². The number of hydrogen-bond donors (Lipinski definition) is 1. The average molecular weight is 241 g/mol. The minimum atomic E-state index is 0.592. The molecule has 0 fully saturated rings. The Labute approximate surface area is 103 Å². The highest BCUT2D eigenvalue weighted by Gasteiger charge is 2.06. The molecule has 1 N–H and O–H groups in total. The molecular formula is C13H23NO3. The smallest absolute Gasteiger partial charge is 0.118 e. The maximum absolute atomic E-state index is 5.58. The second-order valence-corrected chi connectivity index (χ2v) is 3.99. The quantitative estimate of drug-likeness (QED) is 0.673. The van der Waals surface area contributed by atoms with Crippen LogP contribution in [0.3, 0.4) is 0 Å². The predicted octanol–water partition coefficient (Wildman–Crippen LogP) is 2.25. The van der Waals surface area contributed by atoms with E-state index in [-0.39, 0.29) is 0 Å². The van der Waals surface area contributed by atoms with Crippen LogP contribution in [-0.2, 0) is 22.6 Å².